The fourth-order valence-electron chi connectivity index (χ4n) is 18.6. The standard InChI is InChI=1S/C23H30N4.C15H17NO.C14H16BrN.C12H15BrN2.C12H12BrN.C8H13N3.C6H7BrN2.C6H10O.C2H4O2.CH3F.ClH/c1-2-27-22-8-4-3-7-19(22)20-14-17(9-10-23(20)27)15-26-13-5-6-18(16-26)21-11-12-24-25-21;1-2-16-14-6-4-3-5-12(14)13-9-11(10-17)7-8-15(13)16;1-2-16-13-6-4-3-5-11(13)12-9-10(15)7-8-14(12)16;13-10-6-8-12(9-7-10)15-14-11-4-2-1-3-5-11;13-8-5-6-12-10(7-8)9-3-1-2-4-11(9)14-12;1-2-7(6-9-4-1)8-3-5-10-11-8;7-5-1-3-6(9-8)4-2-5;7-6-4-2-1-3-5-6;1-2(3)4;1-2;/h9-12,14,18H,2-8,13,15-16H2,1H3,(H,24,25);7-10H,2-6H2,1H3;7-9H,2-6H2,1H3;6-9,15H,1-5H2;5-7,14H,1-4H2;3,5,7,9H,1-2,4,6H2,(H,10,11);1-4,9H,8H2;1-5H2;1H3,(H,3,4);1H3;1H/i;;;;;;;;;1D;. The van der Waals surface area contributed by atoms with Crippen molar-refractivity contribution < 1.29 is 25.3 Å². The number of carbonyl (C=O) groups excluding carboxylic acids is 2. The number of fused-ring (bicyclic) bond motifs is 12. The fraction of sp³-hybridized carbons (Fsp3) is 0.455. The lowest BCUT2D eigenvalue weighted by atomic mass is 9.94. The predicted molar refractivity (Wildman–Crippen MR) is 524 cm³/mol. The van der Waals surface area contributed by atoms with Crippen LogP contribution in [0.25, 0.3) is 43.6 Å². The first-order valence-corrected chi connectivity index (χ1v) is 47.8. The summed E-state index contributed by atoms with van der Waals surface area (Å²) >= 11 is 13.8. The number of aromatic amines is 3. The summed E-state index contributed by atoms with van der Waals surface area (Å²) in [5.74, 6) is 6.02. The molecule has 18 nitrogen and oxygen atoms in total. The molecule has 4 fully saturated rings. The van der Waals surface area contributed by atoms with Gasteiger partial charge in [0.15, 0.2) is 0 Å². The lowest BCUT2D eigenvalue weighted by Gasteiger charge is -2.32. The number of aliphatic carboxylic acids is 1. The Kier molecular flexibility index (Phi) is 39.6. The molecule has 24 heteroatoms. The Morgan fingerprint density at radius 1 is 0.553 bits per heavy atom. The van der Waals surface area contributed by atoms with Crippen LogP contribution in [0.3, 0.4) is 0 Å². The van der Waals surface area contributed by atoms with Gasteiger partial charge >= 0.3 is 0 Å². The van der Waals surface area contributed by atoms with Gasteiger partial charge in [-0.2, -0.15) is 15.3 Å². The zero-order valence-corrected chi connectivity index (χ0v) is 79.5. The quantitative estimate of drug-likeness (QED) is 0.0344. The summed E-state index contributed by atoms with van der Waals surface area (Å²) < 4.78 is 27.5. The third-order valence-corrected chi connectivity index (χ3v) is 26.5. The summed E-state index contributed by atoms with van der Waals surface area (Å²) in [6.45, 7) is 16.7. The average Bonchev–Trinajstić information content (AvgIpc) is 1.63. The highest BCUT2D eigenvalue weighted by molar-refractivity contribution is 9.11. The highest BCUT2D eigenvalue weighted by atomic mass is 79.9. The number of H-pyrrole nitrogens is 3. The smallest absolute Gasteiger partial charge is 0.300 e. The normalized spacial score (nSPS) is 17.0. The Hall–Kier alpha value is -8.00. The van der Waals surface area contributed by atoms with E-state index in [2.05, 4.69) is 229 Å². The minimum absolute atomic E-state index is 0. The number of benzene rings is 6. The maximum absolute atomic E-state index is 10.9. The summed E-state index contributed by atoms with van der Waals surface area (Å²) in [5.41, 5.74) is 31.6. The van der Waals surface area contributed by atoms with Crippen molar-refractivity contribution in [1.82, 2.24) is 49.3 Å². The number of hydrogen-bond acceptors (Lipinski definition) is 11. The van der Waals surface area contributed by atoms with Gasteiger partial charge in [-0.1, -0.05) is 82.6 Å². The number of piperidine rings is 2. The number of hydrogen-bond donors (Lipinski definition) is 8. The number of Topliss-reactive ketones (excluding diaryl/α,β-unsaturated/α-hetero) is 1. The van der Waals surface area contributed by atoms with Crippen molar-refractivity contribution in [3.8, 4) is 0 Å². The van der Waals surface area contributed by atoms with Crippen molar-refractivity contribution in [1.29, 1.82) is 0 Å². The first-order chi connectivity index (χ1) is 60.0. The number of nitrogens with one attached hydrogen (secondary N) is 6. The van der Waals surface area contributed by atoms with Gasteiger partial charge in [-0.05, 0) is 356 Å². The van der Waals surface area contributed by atoms with E-state index in [0.717, 1.165) is 117 Å². The molecule has 20 rings (SSSR count). The maximum atomic E-state index is 10.9. The Balaban J connectivity index is 0.000000150. The number of carbonyl (C=O) groups is 3. The number of aryl methyl sites for hydroxylation is 8. The van der Waals surface area contributed by atoms with Gasteiger partial charge in [0.2, 0.25) is 0 Å². The molecular formula is C99H128Br4ClFN14O4. The molecule has 0 spiro atoms. The highest BCUT2D eigenvalue weighted by Gasteiger charge is 2.26. The summed E-state index contributed by atoms with van der Waals surface area (Å²) in [5, 5.41) is 35.2. The second kappa shape index (κ2) is 51.0. The van der Waals surface area contributed by atoms with Crippen LogP contribution < -0.4 is 22.0 Å². The minimum atomic E-state index is -1.00. The zero-order chi connectivity index (χ0) is 86.8. The number of nitrogen functional groups attached to an aromatic ring is 1. The molecule has 2 unspecified atom stereocenters. The number of ketones is 1. The first kappa shape index (κ1) is 95.7. The number of nitrogens with zero attached hydrogens (tertiary/aromatic N) is 7. The molecule has 6 aliphatic carbocycles. The van der Waals surface area contributed by atoms with Crippen molar-refractivity contribution in [3.63, 3.8) is 0 Å². The number of halogens is 6. The number of alkyl halides is 1. The Labute approximate surface area is 768 Å². The van der Waals surface area contributed by atoms with Crippen LogP contribution >= 0.6 is 76.1 Å². The van der Waals surface area contributed by atoms with E-state index in [-0.39, 0.29) is 12.4 Å². The largest absolute Gasteiger partial charge is 0.481 e. The van der Waals surface area contributed by atoms with E-state index in [1.54, 1.807) is 28.1 Å². The van der Waals surface area contributed by atoms with Crippen LogP contribution in [0.5, 0.6) is 0 Å². The summed E-state index contributed by atoms with van der Waals surface area (Å²) in [7, 11) is -1.00. The van der Waals surface area contributed by atoms with Crippen molar-refractivity contribution in [2.75, 3.05) is 44.2 Å². The lowest BCUT2D eigenvalue weighted by molar-refractivity contribution is -0.134. The van der Waals surface area contributed by atoms with Crippen LogP contribution in [0.4, 0.5) is 15.8 Å². The minimum Gasteiger partial charge on any atom is -0.481 e. The third kappa shape index (κ3) is 27.8. The van der Waals surface area contributed by atoms with Gasteiger partial charge in [0.05, 0.1) is 14.2 Å². The average molecular weight is 1950 g/mol. The number of hydrazine groups is 1. The zero-order valence-electron chi connectivity index (χ0n) is 73.3. The van der Waals surface area contributed by atoms with Crippen LogP contribution in [0.15, 0.2) is 169 Å². The number of carboxylic acids is 1. The molecule has 2 saturated heterocycles. The van der Waals surface area contributed by atoms with Gasteiger partial charge in [-0.25, -0.2) is 0 Å². The van der Waals surface area contributed by atoms with Crippen LogP contribution in [0.2, 0.25) is 0 Å². The SMILES string of the molecule is Brc1ccc(NN=C2CCCCC2)cc1.Brc1ccc2[nH]c3c(c2c1)CCCC3.CC(=O)O.CCn1c2c(c3cc(Br)ccc31)CCCC2.CCn1c2c(c3cc(C=O)ccc31)CCCC2.CCn1c2c(c3cc(CN4CCCC(c5ccn[nH]5)C4)ccc31)CCCC2.Cl.NNc1ccc(Br)cc1.O=C1CCCCC1.[2H]CF.c1cc(C2CCCNC2)[nH]n1. The van der Waals surface area contributed by atoms with E-state index in [9.17, 15) is 14.0 Å². The Bertz CT molecular complexity index is 5290. The van der Waals surface area contributed by atoms with Crippen LogP contribution in [0, 0.1) is 0 Å². The fourth-order valence-corrected chi connectivity index (χ4v) is 19.9. The summed E-state index contributed by atoms with van der Waals surface area (Å²) in [6.07, 6.45) is 41.7. The molecule has 2 aliphatic heterocycles. The predicted octanol–water partition coefficient (Wildman–Crippen LogP) is 25.5. The second-order valence-electron chi connectivity index (χ2n) is 32.8. The van der Waals surface area contributed by atoms with E-state index in [1.807, 2.05) is 67.0 Å². The van der Waals surface area contributed by atoms with Crippen molar-refractivity contribution in [2.45, 2.75) is 258 Å². The molecule has 9 N–H and O–H groups in total. The summed E-state index contributed by atoms with van der Waals surface area (Å²) in [4.78, 5) is 36.5. The number of rotatable bonds is 11. The molecule has 6 aromatic carbocycles. The van der Waals surface area contributed by atoms with Crippen molar-refractivity contribution in [2.24, 2.45) is 10.9 Å². The molecule has 660 valence electrons. The number of aromatic nitrogens is 8. The number of anilines is 2. The lowest BCUT2D eigenvalue weighted by Crippen LogP contribution is -2.34. The van der Waals surface area contributed by atoms with Crippen LogP contribution in [-0.2, 0) is 87.1 Å². The highest BCUT2D eigenvalue weighted by Crippen LogP contribution is 2.38. The van der Waals surface area contributed by atoms with Crippen LogP contribution in [-0.4, -0.2) is 106 Å². The van der Waals surface area contributed by atoms with Gasteiger partial charge in [-0.3, -0.25) is 45.1 Å². The van der Waals surface area contributed by atoms with E-state index in [1.165, 1.54) is 259 Å². The molecule has 6 aromatic heterocycles. The molecule has 2 atom stereocenters. The van der Waals surface area contributed by atoms with Crippen molar-refractivity contribution >= 4 is 155 Å². The molecule has 0 radical (unpaired) electrons. The number of likely N-dealkylation sites (tertiary alicyclic amines) is 1. The van der Waals surface area contributed by atoms with Crippen LogP contribution in [0.1, 0.15) is 254 Å². The van der Waals surface area contributed by atoms with E-state index < -0.39 is 13.1 Å². The van der Waals surface area contributed by atoms with Gasteiger partial charge in [0.25, 0.3) is 5.97 Å². The molecule has 12 aromatic rings. The number of nitrogens with two attached hydrogens (primary N) is 1. The van der Waals surface area contributed by atoms with Gasteiger partial charge in [-0.15, -0.1) is 12.4 Å². The topological polar surface area (TPSA) is 237 Å². The van der Waals surface area contributed by atoms with E-state index in [0.29, 0.717) is 17.6 Å². The molecule has 8 aliphatic rings. The molecule has 2 saturated carbocycles. The van der Waals surface area contributed by atoms with Gasteiger partial charge in [0.1, 0.15) is 12.1 Å². The number of carboxylic acid groups (broad SMARTS) is 1. The summed E-state index contributed by atoms with van der Waals surface area (Å²) in [6, 6.07) is 46.4. The number of hydrazone groups is 1. The molecule has 123 heavy (non-hydrogen) atoms. The monoisotopic (exact) mass is 1950 g/mol. The Morgan fingerprint density at radius 2 is 1.01 bits per heavy atom. The third-order valence-electron chi connectivity index (χ3n) is 24.5. The van der Waals surface area contributed by atoms with Gasteiger partial charge in [0, 0.05) is 196 Å². The first-order valence-electron chi connectivity index (χ1n) is 45.3. The van der Waals surface area contributed by atoms with E-state index >= 15 is 0 Å². The maximum Gasteiger partial charge on any atom is 0.300 e. The molecule has 0 bridgehead atoms. The number of aldehydes is 1. The molecule has 0 amide bonds. The van der Waals surface area contributed by atoms with Crippen molar-refractivity contribution in [3.05, 3.63) is 231 Å². The molecule has 8 heterocycles. The van der Waals surface area contributed by atoms with E-state index in [4.69, 9.17) is 17.1 Å². The Morgan fingerprint density at radius 3 is 1.51 bits per heavy atom. The molecular weight excluding hydrogens is 1820 g/mol. The van der Waals surface area contributed by atoms with Gasteiger partial charge < -0.3 is 34.5 Å². The second-order valence-corrected chi connectivity index (χ2v) is 36.4.